The quantitative estimate of drug-likeness (QED) is 0.754. The van der Waals surface area contributed by atoms with E-state index in [0.717, 1.165) is 42.8 Å². The summed E-state index contributed by atoms with van der Waals surface area (Å²) in [4.78, 5) is 27.3. The number of carbonyl (C=O) groups is 2. The minimum absolute atomic E-state index is 0.00974. The lowest BCUT2D eigenvalue weighted by atomic mass is 10.0. The smallest absolute Gasteiger partial charge is 0.245 e. The van der Waals surface area contributed by atoms with E-state index in [9.17, 15) is 9.59 Å². The van der Waals surface area contributed by atoms with E-state index in [4.69, 9.17) is 4.74 Å². The lowest BCUT2D eigenvalue weighted by Crippen LogP contribution is -2.48. The first kappa shape index (κ1) is 19.7. The van der Waals surface area contributed by atoms with Gasteiger partial charge < -0.3 is 15.0 Å². The molecule has 1 aliphatic heterocycles. The summed E-state index contributed by atoms with van der Waals surface area (Å²) in [5.74, 6) is 0.439. The summed E-state index contributed by atoms with van der Waals surface area (Å²) in [5, 5.41) is 2.89. The number of amides is 2. The van der Waals surface area contributed by atoms with E-state index in [0.29, 0.717) is 6.42 Å². The molecule has 28 heavy (non-hydrogen) atoms. The second-order valence-electron chi connectivity index (χ2n) is 6.89. The highest BCUT2D eigenvalue weighted by molar-refractivity contribution is 5.95. The Bertz CT molecular complexity index is 827. The molecule has 2 aromatic carbocycles. The van der Waals surface area contributed by atoms with Crippen LogP contribution in [0, 0.1) is 0 Å². The molecule has 3 rings (SSSR count). The molecule has 1 fully saturated rings. The molecular formula is C23H26N2O3. The number of likely N-dealkylation sites (tertiary alicyclic amines) is 1. The van der Waals surface area contributed by atoms with Crippen molar-refractivity contribution in [1.82, 2.24) is 10.2 Å². The van der Waals surface area contributed by atoms with Crippen molar-refractivity contribution in [1.29, 1.82) is 0 Å². The number of rotatable bonds is 7. The molecule has 0 saturated carbocycles. The fourth-order valence-corrected chi connectivity index (χ4v) is 3.34. The van der Waals surface area contributed by atoms with Crippen LogP contribution in [0.5, 0.6) is 5.75 Å². The molecule has 1 atom stereocenters. The van der Waals surface area contributed by atoms with Crippen LogP contribution in [0.2, 0.25) is 0 Å². The van der Waals surface area contributed by atoms with Gasteiger partial charge in [-0.15, -0.1) is 0 Å². The lowest BCUT2D eigenvalue weighted by Gasteiger charge is -2.23. The second-order valence-corrected chi connectivity index (χ2v) is 6.89. The molecule has 1 aliphatic rings. The number of benzene rings is 2. The van der Waals surface area contributed by atoms with Gasteiger partial charge >= 0.3 is 0 Å². The Morgan fingerprint density at radius 2 is 1.86 bits per heavy atom. The third-order valence-corrected chi connectivity index (χ3v) is 4.84. The molecule has 146 valence electrons. The number of hydrogen-bond donors (Lipinski definition) is 1. The van der Waals surface area contributed by atoms with Crippen molar-refractivity contribution >= 4 is 17.9 Å². The standard InChI is InChI=1S/C23H26N2O3/c1-28-20-11-7-10-19(16-20)12-13-22(26)24-21(17-18-8-3-2-4-9-18)23(27)25-14-5-6-15-25/h2-4,7-13,16,21H,5-6,14-15,17H2,1H3,(H,24,26)/b13-12+. The van der Waals surface area contributed by atoms with Gasteiger partial charge in [-0.05, 0) is 42.2 Å². The largest absolute Gasteiger partial charge is 0.497 e. The van der Waals surface area contributed by atoms with Gasteiger partial charge in [-0.25, -0.2) is 0 Å². The van der Waals surface area contributed by atoms with E-state index in [1.807, 2.05) is 59.5 Å². The van der Waals surface area contributed by atoms with Gasteiger partial charge in [0.2, 0.25) is 11.8 Å². The first-order valence-electron chi connectivity index (χ1n) is 9.61. The van der Waals surface area contributed by atoms with Gasteiger partial charge in [-0.1, -0.05) is 42.5 Å². The maximum atomic E-state index is 12.9. The molecule has 2 aromatic rings. The van der Waals surface area contributed by atoms with E-state index in [2.05, 4.69) is 5.32 Å². The van der Waals surface area contributed by atoms with Crippen LogP contribution in [0.1, 0.15) is 24.0 Å². The van der Waals surface area contributed by atoms with E-state index < -0.39 is 6.04 Å². The molecule has 1 saturated heterocycles. The predicted molar refractivity (Wildman–Crippen MR) is 110 cm³/mol. The first-order chi connectivity index (χ1) is 13.7. The molecule has 0 radical (unpaired) electrons. The van der Waals surface area contributed by atoms with Crippen molar-refractivity contribution in [3.8, 4) is 5.75 Å². The van der Waals surface area contributed by atoms with Gasteiger partial charge in [0.25, 0.3) is 0 Å². The molecule has 1 unspecified atom stereocenters. The van der Waals surface area contributed by atoms with E-state index in [1.54, 1.807) is 13.2 Å². The van der Waals surface area contributed by atoms with Crippen molar-refractivity contribution in [3.05, 3.63) is 71.8 Å². The zero-order valence-corrected chi connectivity index (χ0v) is 16.1. The Hall–Kier alpha value is -3.08. The highest BCUT2D eigenvalue weighted by atomic mass is 16.5. The molecule has 5 nitrogen and oxygen atoms in total. The molecule has 1 N–H and O–H groups in total. The van der Waals surface area contributed by atoms with Crippen molar-refractivity contribution in [2.24, 2.45) is 0 Å². The number of methoxy groups -OCH3 is 1. The topological polar surface area (TPSA) is 58.6 Å². The number of ether oxygens (including phenoxy) is 1. The van der Waals surface area contributed by atoms with E-state index in [-0.39, 0.29) is 11.8 Å². The Kier molecular flexibility index (Phi) is 6.84. The summed E-state index contributed by atoms with van der Waals surface area (Å²) >= 11 is 0. The molecule has 2 amide bonds. The van der Waals surface area contributed by atoms with Crippen LogP contribution in [0.15, 0.2) is 60.7 Å². The Morgan fingerprint density at radius 1 is 1.11 bits per heavy atom. The molecule has 0 aromatic heterocycles. The van der Waals surface area contributed by atoms with E-state index in [1.165, 1.54) is 6.08 Å². The van der Waals surface area contributed by atoms with Gasteiger partial charge in [0.05, 0.1) is 7.11 Å². The Morgan fingerprint density at radius 3 is 2.57 bits per heavy atom. The number of nitrogens with one attached hydrogen (secondary N) is 1. The maximum absolute atomic E-state index is 12.9. The van der Waals surface area contributed by atoms with Crippen LogP contribution in [-0.2, 0) is 16.0 Å². The number of nitrogens with zero attached hydrogens (tertiary/aromatic N) is 1. The number of hydrogen-bond acceptors (Lipinski definition) is 3. The molecule has 0 bridgehead atoms. The Balaban J connectivity index is 1.69. The van der Waals surface area contributed by atoms with Crippen molar-refractivity contribution < 1.29 is 14.3 Å². The lowest BCUT2D eigenvalue weighted by molar-refractivity contribution is -0.134. The van der Waals surface area contributed by atoms with Crippen molar-refractivity contribution in [2.45, 2.75) is 25.3 Å². The van der Waals surface area contributed by atoms with Crippen molar-refractivity contribution in [2.75, 3.05) is 20.2 Å². The molecule has 0 aliphatic carbocycles. The molecule has 0 spiro atoms. The fraction of sp³-hybridized carbons (Fsp3) is 0.304. The van der Waals surface area contributed by atoms with Crippen LogP contribution in [-0.4, -0.2) is 43.0 Å². The monoisotopic (exact) mass is 378 g/mol. The second kappa shape index (κ2) is 9.74. The summed E-state index contributed by atoms with van der Waals surface area (Å²) in [5.41, 5.74) is 1.89. The predicted octanol–water partition coefficient (Wildman–Crippen LogP) is 3.06. The van der Waals surface area contributed by atoms with Crippen LogP contribution < -0.4 is 10.1 Å². The van der Waals surface area contributed by atoms with E-state index >= 15 is 0 Å². The summed E-state index contributed by atoms with van der Waals surface area (Å²) in [6.45, 7) is 1.53. The highest BCUT2D eigenvalue weighted by Gasteiger charge is 2.27. The van der Waals surface area contributed by atoms with Crippen LogP contribution in [0.3, 0.4) is 0 Å². The summed E-state index contributed by atoms with van der Waals surface area (Å²) in [6, 6.07) is 16.7. The molecular weight excluding hydrogens is 352 g/mol. The number of carbonyl (C=O) groups excluding carboxylic acids is 2. The third kappa shape index (κ3) is 5.46. The first-order valence-corrected chi connectivity index (χ1v) is 9.61. The van der Waals surface area contributed by atoms with Crippen LogP contribution in [0.4, 0.5) is 0 Å². The maximum Gasteiger partial charge on any atom is 0.245 e. The minimum Gasteiger partial charge on any atom is -0.497 e. The Labute approximate surface area is 166 Å². The van der Waals surface area contributed by atoms with Crippen LogP contribution in [0.25, 0.3) is 6.08 Å². The van der Waals surface area contributed by atoms with Gasteiger partial charge in [0.15, 0.2) is 0 Å². The van der Waals surface area contributed by atoms with Gasteiger partial charge in [-0.3, -0.25) is 9.59 Å². The zero-order chi connectivity index (χ0) is 19.8. The zero-order valence-electron chi connectivity index (χ0n) is 16.1. The van der Waals surface area contributed by atoms with Gasteiger partial charge in [-0.2, -0.15) is 0 Å². The molecule has 5 heteroatoms. The van der Waals surface area contributed by atoms with Crippen molar-refractivity contribution in [3.63, 3.8) is 0 Å². The summed E-state index contributed by atoms with van der Waals surface area (Å²) in [7, 11) is 1.60. The normalized spacial score (nSPS) is 14.8. The molecule has 1 heterocycles. The van der Waals surface area contributed by atoms with Gasteiger partial charge in [0.1, 0.15) is 11.8 Å². The fourth-order valence-electron chi connectivity index (χ4n) is 3.34. The summed E-state index contributed by atoms with van der Waals surface area (Å²) < 4.78 is 5.20. The van der Waals surface area contributed by atoms with Gasteiger partial charge in [0, 0.05) is 25.6 Å². The average molecular weight is 378 g/mol. The third-order valence-electron chi connectivity index (χ3n) is 4.84. The summed E-state index contributed by atoms with van der Waals surface area (Å²) in [6.07, 6.45) is 5.71. The van der Waals surface area contributed by atoms with Crippen LogP contribution >= 0.6 is 0 Å². The SMILES string of the molecule is COc1cccc(/C=C/C(=O)NC(Cc2ccccc2)C(=O)N2CCCC2)c1. The highest BCUT2D eigenvalue weighted by Crippen LogP contribution is 2.14. The minimum atomic E-state index is -0.567. The average Bonchev–Trinajstić information content (AvgIpc) is 3.27.